The number of terminal acetylenes is 1. The maximum Gasteiger partial charge on any atom is 0.165 e. The van der Waals surface area contributed by atoms with Crippen molar-refractivity contribution in [1.82, 2.24) is 0 Å². The fourth-order valence-corrected chi connectivity index (χ4v) is 3.43. The lowest BCUT2D eigenvalue weighted by Crippen LogP contribution is -2.20. The zero-order valence-electron chi connectivity index (χ0n) is 17.3. The van der Waals surface area contributed by atoms with Crippen molar-refractivity contribution in [1.29, 1.82) is 0 Å². The maximum absolute atomic E-state index is 14.2. The van der Waals surface area contributed by atoms with Gasteiger partial charge in [-0.25, -0.2) is 4.39 Å². The van der Waals surface area contributed by atoms with E-state index >= 15 is 0 Å². The molecule has 0 amide bonds. The highest BCUT2D eigenvalue weighted by atomic mass is 19.1. The minimum atomic E-state index is -0.360. The summed E-state index contributed by atoms with van der Waals surface area (Å²) in [6.45, 7) is 6.34. The summed E-state index contributed by atoms with van der Waals surface area (Å²) in [6.07, 6.45) is 8.50. The quantitative estimate of drug-likeness (QED) is 0.392. The normalized spacial score (nSPS) is 12.8. The van der Waals surface area contributed by atoms with Gasteiger partial charge in [0.1, 0.15) is 5.75 Å². The van der Waals surface area contributed by atoms with Gasteiger partial charge in [0.05, 0.1) is 5.41 Å². The van der Waals surface area contributed by atoms with Gasteiger partial charge in [-0.15, -0.1) is 6.42 Å². The largest absolute Gasteiger partial charge is 0.454 e. The van der Waals surface area contributed by atoms with E-state index in [1.165, 1.54) is 22.8 Å². The number of hydrogen-bond acceptors (Lipinski definition) is 1. The molecule has 0 spiro atoms. The molecule has 0 fully saturated rings. The van der Waals surface area contributed by atoms with E-state index in [0.29, 0.717) is 5.75 Å². The van der Waals surface area contributed by atoms with E-state index in [1.807, 2.05) is 36.4 Å². The smallest absolute Gasteiger partial charge is 0.165 e. The zero-order valence-corrected chi connectivity index (χ0v) is 17.3. The lowest BCUT2D eigenvalue weighted by atomic mass is 9.78. The molecule has 3 rings (SSSR count). The molecule has 0 aliphatic carbocycles. The Bertz CT molecular complexity index is 1020. The van der Waals surface area contributed by atoms with Crippen LogP contribution in [0.5, 0.6) is 11.5 Å². The van der Waals surface area contributed by atoms with Crippen molar-refractivity contribution in [2.45, 2.75) is 45.4 Å². The SMILES string of the molecule is C#CC(C)(CCCc1ccc(F)c(Oc2ccccc2)c1)c1ccc(C)c(C)c1. The Kier molecular flexibility index (Phi) is 6.39. The fourth-order valence-electron chi connectivity index (χ4n) is 3.43. The van der Waals surface area contributed by atoms with Crippen LogP contribution in [-0.2, 0) is 11.8 Å². The summed E-state index contributed by atoms with van der Waals surface area (Å²) in [5, 5.41) is 0. The molecule has 2 heteroatoms. The Labute approximate surface area is 173 Å². The Morgan fingerprint density at radius 1 is 0.966 bits per heavy atom. The molecule has 0 heterocycles. The number of aryl methyl sites for hydroxylation is 3. The van der Waals surface area contributed by atoms with Gasteiger partial charge < -0.3 is 4.74 Å². The van der Waals surface area contributed by atoms with Crippen LogP contribution in [0.25, 0.3) is 0 Å². The van der Waals surface area contributed by atoms with E-state index in [0.717, 1.165) is 24.8 Å². The molecule has 29 heavy (non-hydrogen) atoms. The average Bonchev–Trinajstić information content (AvgIpc) is 2.73. The van der Waals surface area contributed by atoms with Gasteiger partial charge in [0.15, 0.2) is 11.6 Å². The molecular formula is C27H27FO. The monoisotopic (exact) mass is 386 g/mol. The van der Waals surface area contributed by atoms with Crippen LogP contribution in [0.15, 0.2) is 66.7 Å². The Hall–Kier alpha value is -3.05. The van der Waals surface area contributed by atoms with Crippen LogP contribution < -0.4 is 4.74 Å². The fraction of sp³-hybridized carbons (Fsp3) is 0.259. The summed E-state index contributed by atoms with van der Waals surface area (Å²) < 4.78 is 19.9. The van der Waals surface area contributed by atoms with Gasteiger partial charge in [-0.05, 0) is 86.6 Å². The third kappa shape index (κ3) is 5.06. The van der Waals surface area contributed by atoms with Gasteiger partial charge in [-0.3, -0.25) is 0 Å². The summed E-state index contributed by atoms with van der Waals surface area (Å²) in [4.78, 5) is 0. The molecule has 148 valence electrons. The van der Waals surface area contributed by atoms with Crippen molar-refractivity contribution < 1.29 is 9.13 Å². The predicted molar refractivity (Wildman–Crippen MR) is 118 cm³/mol. The summed E-state index contributed by atoms with van der Waals surface area (Å²) in [5.41, 5.74) is 4.42. The summed E-state index contributed by atoms with van der Waals surface area (Å²) in [6, 6.07) is 20.8. The second-order valence-electron chi connectivity index (χ2n) is 7.81. The first-order valence-electron chi connectivity index (χ1n) is 9.98. The van der Waals surface area contributed by atoms with Gasteiger partial charge in [0.2, 0.25) is 0 Å². The first-order valence-corrected chi connectivity index (χ1v) is 9.98. The molecule has 0 N–H and O–H groups in total. The van der Waals surface area contributed by atoms with Crippen LogP contribution in [-0.4, -0.2) is 0 Å². The van der Waals surface area contributed by atoms with E-state index in [2.05, 4.69) is 44.9 Å². The van der Waals surface area contributed by atoms with Gasteiger partial charge in [0, 0.05) is 0 Å². The molecule has 3 aromatic carbocycles. The lowest BCUT2D eigenvalue weighted by molar-refractivity contribution is 0.441. The molecule has 0 bridgehead atoms. The number of para-hydroxylation sites is 1. The second-order valence-corrected chi connectivity index (χ2v) is 7.81. The van der Waals surface area contributed by atoms with Crippen LogP contribution in [0.4, 0.5) is 4.39 Å². The highest BCUT2D eigenvalue weighted by molar-refractivity contribution is 5.39. The maximum atomic E-state index is 14.2. The molecule has 1 nitrogen and oxygen atoms in total. The first kappa shape index (κ1) is 20.7. The number of hydrogen-bond donors (Lipinski definition) is 0. The number of ether oxygens (including phenoxy) is 1. The van der Waals surface area contributed by atoms with Crippen molar-refractivity contribution in [3.63, 3.8) is 0 Å². The molecule has 0 saturated carbocycles. The third-order valence-electron chi connectivity index (χ3n) is 5.57. The van der Waals surface area contributed by atoms with E-state index in [4.69, 9.17) is 11.2 Å². The highest BCUT2D eigenvalue weighted by Crippen LogP contribution is 2.31. The van der Waals surface area contributed by atoms with Gasteiger partial charge in [0.25, 0.3) is 0 Å². The number of benzene rings is 3. The summed E-state index contributed by atoms with van der Waals surface area (Å²) in [5.74, 6) is 3.51. The first-order chi connectivity index (χ1) is 13.9. The molecule has 0 radical (unpaired) electrons. The molecule has 0 aliphatic heterocycles. The molecule has 1 atom stereocenters. The third-order valence-corrected chi connectivity index (χ3v) is 5.57. The minimum Gasteiger partial charge on any atom is -0.454 e. The predicted octanol–water partition coefficient (Wildman–Crippen LogP) is 7.15. The van der Waals surface area contributed by atoms with Crippen LogP contribution in [0.1, 0.15) is 42.0 Å². The molecule has 1 unspecified atom stereocenters. The topological polar surface area (TPSA) is 9.23 Å². The Morgan fingerprint density at radius 2 is 1.72 bits per heavy atom. The summed E-state index contributed by atoms with van der Waals surface area (Å²) in [7, 11) is 0. The van der Waals surface area contributed by atoms with Crippen molar-refractivity contribution in [3.8, 4) is 23.8 Å². The number of halogens is 1. The summed E-state index contributed by atoms with van der Waals surface area (Å²) >= 11 is 0. The van der Waals surface area contributed by atoms with Crippen molar-refractivity contribution in [3.05, 3.63) is 94.8 Å². The lowest BCUT2D eigenvalue weighted by Gasteiger charge is -2.25. The Balaban J connectivity index is 1.68. The van der Waals surface area contributed by atoms with E-state index in [-0.39, 0.29) is 17.0 Å². The van der Waals surface area contributed by atoms with E-state index in [1.54, 1.807) is 6.07 Å². The Morgan fingerprint density at radius 3 is 2.41 bits per heavy atom. The molecule has 0 aromatic heterocycles. The molecule has 0 aliphatic rings. The van der Waals surface area contributed by atoms with Gasteiger partial charge >= 0.3 is 0 Å². The minimum absolute atomic E-state index is 0.252. The van der Waals surface area contributed by atoms with Gasteiger partial charge in [-0.2, -0.15) is 0 Å². The molecule has 0 saturated heterocycles. The zero-order chi connectivity index (χ0) is 20.9. The van der Waals surface area contributed by atoms with Crippen molar-refractivity contribution in [2.24, 2.45) is 0 Å². The van der Waals surface area contributed by atoms with Crippen molar-refractivity contribution >= 4 is 0 Å². The van der Waals surface area contributed by atoms with Crippen molar-refractivity contribution in [2.75, 3.05) is 0 Å². The van der Waals surface area contributed by atoms with E-state index < -0.39 is 0 Å². The number of rotatable bonds is 7. The standard InChI is InChI=1S/C27H27FO/c1-5-27(4,23-15-13-20(2)21(3)18-23)17-9-10-22-14-16-25(28)26(19-22)29-24-11-7-6-8-12-24/h1,6-8,11-16,18-19H,9-10,17H2,2-4H3. The van der Waals surface area contributed by atoms with E-state index in [9.17, 15) is 4.39 Å². The van der Waals surface area contributed by atoms with Crippen LogP contribution in [0.3, 0.4) is 0 Å². The average molecular weight is 387 g/mol. The molecular weight excluding hydrogens is 359 g/mol. The van der Waals surface area contributed by atoms with Crippen LogP contribution in [0.2, 0.25) is 0 Å². The highest BCUT2D eigenvalue weighted by Gasteiger charge is 2.24. The molecule has 3 aromatic rings. The van der Waals surface area contributed by atoms with Crippen LogP contribution >= 0.6 is 0 Å². The van der Waals surface area contributed by atoms with Crippen LogP contribution in [0, 0.1) is 32.0 Å². The van der Waals surface area contributed by atoms with Gasteiger partial charge in [-0.1, -0.05) is 48.4 Å². The second kappa shape index (κ2) is 8.97.